The van der Waals surface area contributed by atoms with E-state index in [0.29, 0.717) is 6.61 Å². The molecule has 104 valence electrons. The third kappa shape index (κ3) is 4.65. The minimum atomic E-state index is 0.0823. The number of benzene rings is 1. The number of hydrogen-bond acceptors (Lipinski definition) is 4. The molecular weight excluding hydrogens is 242 g/mol. The monoisotopic (exact) mass is 263 g/mol. The summed E-state index contributed by atoms with van der Waals surface area (Å²) in [5.74, 6) is 0.908. The van der Waals surface area contributed by atoms with E-state index in [-0.39, 0.29) is 5.78 Å². The van der Waals surface area contributed by atoms with Crippen molar-refractivity contribution < 1.29 is 14.3 Å². The number of morpholine rings is 1. The van der Waals surface area contributed by atoms with E-state index in [4.69, 9.17) is 9.47 Å². The molecule has 0 spiro atoms. The Balaban J connectivity index is 1.66. The van der Waals surface area contributed by atoms with Crippen LogP contribution in [0.1, 0.15) is 23.7 Å². The highest BCUT2D eigenvalue weighted by Gasteiger charge is 2.09. The lowest BCUT2D eigenvalue weighted by atomic mass is 10.1. The molecule has 4 heteroatoms. The Labute approximate surface area is 114 Å². The first kappa shape index (κ1) is 14.0. The molecule has 0 amide bonds. The normalized spacial score (nSPS) is 16.3. The number of carbonyl (C=O) groups excluding carboxylic acids is 1. The number of ketones is 1. The van der Waals surface area contributed by atoms with Crippen molar-refractivity contribution in [1.29, 1.82) is 0 Å². The van der Waals surface area contributed by atoms with Gasteiger partial charge >= 0.3 is 0 Å². The van der Waals surface area contributed by atoms with Gasteiger partial charge in [-0.25, -0.2) is 0 Å². The third-order valence-electron chi connectivity index (χ3n) is 3.25. The summed E-state index contributed by atoms with van der Waals surface area (Å²) in [5, 5.41) is 0. The van der Waals surface area contributed by atoms with E-state index < -0.39 is 0 Å². The molecule has 0 radical (unpaired) electrons. The second-order valence-corrected chi connectivity index (χ2v) is 4.74. The molecule has 1 aliphatic heterocycles. The van der Waals surface area contributed by atoms with Gasteiger partial charge < -0.3 is 9.47 Å². The highest BCUT2D eigenvalue weighted by Crippen LogP contribution is 2.12. The molecule has 19 heavy (non-hydrogen) atoms. The predicted molar refractivity (Wildman–Crippen MR) is 73.8 cm³/mol. The van der Waals surface area contributed by atoms with Crippen molar-refractivity contribution in [3.63, 3.8) is 0 Å². The smallest absolute Gasteiger partial charge is 0.159 e. The average Bonchev–Trinajstić information content (AvgIpc) is 2.45. The van der Waals surface area contributed by atoms with Crippen LogP contribution in [0.25, 0.3) is 0 Å². The van der Waals surface area contributed by atoms with Crippen molar-refractivity contribution in [3.05, 3.63) is 29.8 Å². The molecule has 0 atom stereocenters. The Hall–Kier alpha value is -1.39. The number of ether oxygens (including phenoxy) is 2. The van der Waals surface area contributed by atoms with Crippen LogP contribution in [0.2, 0.25) is 0 Å². The van der Waals surface area contributed by atoms with Crippen LogP contribution in [0.15, 0.2) is 24.3 Å². The second kappa shape index (κ2) is 7.26. The summed E-state index contributed by atoms with van der Waals surface area (Å²) in [6.07, 6.45) is 1.01. The minimum absolute atomic E-state index is 0.0823. The van der Waals surface area contributed by atoms with Crippen molar-refractivity contribution >= 4 is 5.78 Å². The van der Waals surface area contributed by atoms with E-state index in [1.165, 1.54) is 0 Å². The Morgan fingerprint density at radius 1 is 1.26 bits per heavy atom. The lowest BCUT2D eigenvalue weighted by Gasteiger charge is -2.26. The topological polar surface area (TPSA) is 38.8 Å². The molecular formula is C15H21NO3. The first-order chi connectivity index (χ1) is 9.25. The maximum Gasteiger partial charge on any atom is 0.159 e. The summed E-state index contributed by atoms with van der Waals surface area (Å²) in [7, 11) is 0. The highest BCUT2D eigenvalue weighted by atomic mass is 16.5. The molecule has 1 aliphatic rings. The zero-order valence-electron chi connectivity index (χ0n) is 11.4. The van der Waals surface area contributed by atoms with Crippen molar-refractivity contribution in [2.45, 2.75) is 13.3 Å². The summed E-state index contributed by atoms with van der Waals surface area (Å²) in [6, 6.07) is 7.32. The molecule has 2 rings (SSSR count). The molecule has 1 aromatic carbocycles. The lowest BCUT2D eigenvalue weighted by molar-refractivity contribution is 0.0358. The van der Waals surface area contributed by atoms with Gasteiger partial charge in [0.15, 0.2) is 5.78 Å². The van der Waals surface area contributed by atoms with Gasteiger partial charge in [0.1, 0.15) is 5.75 Å². The van der Waals surface area contributed by atoms with E-state index in [2.05, 4.69) is 4.90 Å². The Bertz CT molecular complexity index is 396. The van der Waals surface area contributed by atoms with Crippen molar-refractivity contribution in [2.75, 3.05) is 39.5 Å². The molecule has 0 aromatic heterocycles. The Morgan fingerprint density at radius 3 is 2.58 bits per heavy atom. The molecule has 1 aromatic rings. The molecule has 0 bridgehead atoms. The van der Waals surface area contributed by atoms with Gasteiger partial charge in [0.05, 0.1) is 19.8 Å². The van der Waals surface area contributed by atoms with Gasteiger partial charge in [0, 0.05) is 25.2 Å². The van der Waals surface area contributed by atoms with Gasteiger partial charge in [0.2, 0.25) is 0 Å². The molecule has 0 unspecified atom stereocenters. The van der Waals surface area contributed by atoms with Gasteiger partial charge in [-0.1, -0.05) is 0 Å². The van der Waals surface area contributed by atoms with Crippen LogP contribution >= 0.6 is 0 Å². The van der Waals surface area contributed by atoms with Crippen LogP contribution in [0.4, 0.5) is 0 Å². The van der Waals surface area contributed by atoms with Gasteiger partial charge in [-0.3, -0.25) is 9.69 Å². The quantitative estimate of drug-likeness (QED) is 0.581. The van der Waals surface area contributed by atoms with Gasteiger partial charge in [0.25, 0.3) is 0 Å². The summed E-state index contributed by atoms with van der Waals surface area (Å²) in [5.41, 5.74) is 0.723. The van der Waals surface area contributed by atoms with E-state index in [9.17, 15) is 4.79 Å². The number of rotatable bonds is 6. The zero-order chi connectivity index (χ0) is 13.5. The predicted octanol–water partition coefficient (Wildman–Crippen LogP) is 1.99. The summed E-state index contributed by atoms with van der Waals surface area (Å²) in [4.78, 5) is 13.5. The molecule has 0 aliphatic carbocycles. The van der Waals surface area contributed by atoms with E-state index in [1.54, 1.807) is 19.1 Å². The molecule has 1 saturated heterocycles. The van der Waals surface area contributed by atoms with Crippen LogP contribution in [-0.2, 0) is 4.74 Å². The fourth-order valence-electron chi connectivity index (χ4n) is 2.09. The molecule has 0 N–H and O–H groups in total. The molecule has 1 fully saturated rings. The first-order valence-corrected chi connectivity index (χ1v) is 6.79. The van der Waals surface area contributed by atoms with E-state index in [1.807, 2.05) is 12.1 Å². The van der Waals surface area contributed by atoms with Crippen molar-refractivity contribution in [1.82, 2.24) is 4.90 Å². The number of hydrogen-bond donors (Lipinski definition) is 0. The van der Waals surface area contributed by atoms with Gasteiger partial charge in [-0.05, 0) is 37.6 Å². The maximum absolute atomic E-state index is 11.1. The number of nitrogens with zero attached hydrogens (tertiary/aromatic N) is 1. The Kier molecular flexibility index (Phi) is 5.36. The average molecular weight is 263 g/mol. The lowest BCUT2D eigenvalue weighted by Crippen LogP contribution is -2.37. The fraction of sp³-hybridized carbons (Fsp3) is 0.533. The SMILES string of the molecule is CC(=O)c1ccc(OCCCN2CCOCC2)cc1. The van der Waals surface area contributed by atoms with Crippen molar-refractivity contribution in [2.24, 2.45) is 0 Å². The highest BCUT2D eigenvalue weighted by molar-refractivity contribution is 5.94. The van der Waals surface area contributed by atoms with E-state index in [0.717, 1.165) is 50.6 Å². The van der Waals surface area contributed by atoms with E-state index >= 15 is 0 Å². The molecule has 1 heterocycles. The molecule has 4 nitrogen and oxygen atoms in total. The fourth-order valence-corrected chi connectivity index (χ4v) is 2.09. The number of Topliss-reactive ketones (excluding diaryl/α,β-unsaturated/α-hetero) is 1. The summed E-state index contributed by atoms with van der Waals surface area (Å²) < 4.78 is 11.0. The third-order valence-corrected chi connectivity index (χ3v) is 3.25. The minimum Gasteiger partial charge on any atom is -0.494 e. The summed E-state index contributed by atoms with van der Waals surface area (Å²) >= 11 is 0. The first-order valence-electron chi connectivity index (χ1n) is 6.79. The van der Waals surface area contributed by atoms with Crippen LogP contribution in [-0.4, -0.2) is 50.1 Å². The van der Waals surface area contributed by atoms with Crippen LogP contribution in [0.3, 0.4) is 0 Å². The largest absolute Gasteiger partial charge is 0.494 e. The van der Waals surface area contributed by atoms with Crippen LogP contribution in [0, 0.1) is 0 Å². The molecule has 0 saturated carbocycles. The van der Waals surface area contributed by atoms with Crippen LogP contribution < -0.4 is 4.74 Å². The second-order valence-electron chi connectivity index (χ2n) is 4.74. The standard InChI is InChI=1S/C15H21NO3/c1-13(17)14-3-5-15(6-4-14)19-10-2-7-16-8-11-18-12-9-16/h3-6H,2,7-12H2,1H3. The Morgan fingerprint density at radius 2 is 1.95 bits per heavy atom. The summed E-state index contributed by atoms with van der Waals surface area (Å²) in [6.45, 7) is 7.05. The van der Waals surface area contributed by atoms with Gasteiger partial charge in [-0.2, -0.15) is 0 Å². The van der Waals surface area contributed by atoms with Gasteiger partial charge in [-0.15, -0.1) is 0 Å². The number of carbonyl (C=O) groups is 1. The van der Waals surface area contributed by atoms with Crippen LogP contribution in [0.5, 0.6) is 5.75 Å². The zero-order valence-corrected chi connectivity index (χ0v) is 11.4. The maximum atomic E-state index is 11.1. The van der Waals surface area contributed by atoms with Crippen molar-refractivity contribution in [3.8, 4) is 5.75 Å².